The van der Waals surface area contributed by atoms with Gasteiger partial charge < -0.3 is 5.32 Å². The summed E-state index contributed by atoms with van der Waals surface area (Å²) in [7, 11) is 0. The highest BCUT2D eigenvalue weighted by molar-refractivity contribution is 7.99. The molecule has 1 nitrogen and oxygen atoms in total. The quantitative estimate of drug-likeness (QED) is 0.751. The minimum absolute atomic E-state index is 0.647. The van der Waals surface area contributed by atoms with Gasteiger partial charge >= 0.3 is 0 Å². The minimum atomic E-state index is 0.647. The molecular formula is C12H21NS2. The Morgan fingerprint density at radius 3 is 2.93 bits per heavy atom. The largest absolute Gasteiger partial charge is 0.313 e. The van der Waals surface area contributed by atoms with E-state index < -0.39 is 0 Å². The van der Waals surface area contributed by atoms with Crippen molar-refractivity contribution in [2.24, 2.45) is 0 Å². The molecule has 1 aromatic heterocycles. The topological polar surface area (TPSA) is 12.0 Å². The Hall–Kier alpha value is 0.01000. The van der Waals surface area contributed by atoms with E-state index in [1.54, 1.807) is 0 Å². The number of hydrogen-bond acceptors (Lipinski definition) is 3. The third kappa shape index (κ3) is 5.59. The second-order valence-corrected chi connectivity index (χ2v) is 5.95. The lowest BCUT2D eigenvalue weighted by atomic mass is 10.2. The van der Waals surface area contributed by atoms with Crippen LogP contribution in [0.1, 0.15) is 25.1 Å². The van der Waals surface area contributed by atoms with E-state index in [9.17, 15) is 0 Å². The Balaban J connectivity index is 2.33. The molecular weight excluding hydrogens is 222 g/mol. The van der Waals surface area contributed by atoms with E-state index in [-0.39, 0.29) is 0 Å². The summed E-state index contributed by atoms with van der Waals surface area (Å²) in [6.45, 7) is 5.59. The van der Waals surface area contributed by atoms with Crippen LogP contribution in [0, 0.1) is 0 Å². The van der Waals surface area contributed by atoms with E-state index in [1.807, 2.05) is 23.1 Å². The van der Waals surface area contributed by atoms with Gasteiger partial charge in [0.1, 0.15) is 0 Å². The molecule has 3 heteroatoms. The van der Waals surface area contributed by atoms with Crippen LogP contribution in [-0.2, 0) is 6.42 Å². The smallest absolute Gasteiger partial charge is 0.0206 e. The number of thioether (sulfide) groups is 1. The maximum Gasteiger partial charge on any atom is 0.0206 e. The van der Waals surface area contributed by atoms with E-state index in [0.29, 0.717) is 6.04 Å². The number of rotatable bonds is 8. The third-order valence-corrected chi connectivity index (χ3v) is 4.18. The Morgan fingerprint density at radius 1 is 1.47 bits per heavy atom. The summed E-state index contributed by atoms with van der Waals surface area (Å²) in [4.78, 5) is 1.50. The van der Waals surface area contributed by atoms with Gasteiger partial charge in [-0.3, -0.25) is 0 Å². The molecule has 0 aliphatic rings. The summed E-state index contributed by atoms with van der Waals surface area (Å²) in [6, 6.07) is 5.03. The Morgan fingerprint density at radius 2 is 2.33 bits per heavy atom. The van der Waals surface area contributed by atoms with Crippen LogP contribution in [0.2, 0.25) is 0 Å². The molecule has 15 heavy (non-hydrogen) atoms. The van der Waals surface area contributed by atoms with Crippen molar-refractivity contribution in [1.82, 2.24) is 5.32 Å². The van der Waals surface area contributed by atoms with Gasteiger partial charge in [-0.05, 0) is 36.6 Å². The molecule has 0 radical (unpaired) electrons. The van der Waals surface area contributed by atoms with Crippen molar-refractivity contribution in [2.75, 3.05) is 18.1 Å². The molecule has 1 N–H and O–H groups in total. The molecule has 0 bridgehead atoms. The van der Waals surface area contributed by atoms with Gasteiger partial charge in [-0.2, -0.15) is 11.8 Å². The summed E-state index contributed by atoms with van der Waals surface area (Å²) < 4.78 is 0. The fraction of sp³-hybridized carbons (Fsp3) is 0.667. The first-order valence-electron chi connectivity index (χ1n) is 5.70. The van der Waals surface area contributed by atoms with E-state index >= 15 is 0 Å². The fourth-order valence-electron chi connectivity index (χ4n) is 1.47. The first-order valence-corrected chi connectivity index (χ1v) is 7.73. The first kappa shape index (κ1) is 13.1. The highest BCUT2D eigenvalue weighted by Crippen LogP contribution is 2.13. The maximum absolute atomic E-state index is 3.63. The molecule has 0 aliphatic heterocycles. The third-order valence-electron chi connectivity index (χ3n) is 2.23. The first-order chi connectivity index (χ1) is 7.36. The SMILES string of the molecule is CCCNC(CSCC)Cc1cccs1. The molecule has 0 saturated carbocycles. The van der Waals surface area contributed by atoms with Crippen LogP contribution < -0.4 is 5.32 Å². The standard InChI is InChI=1S/C12H21NS2/c1-3-7-13-11(10-14-4-2)9-12-6-5-8-15-12/h5-6,8,11,13H,3-4,7,9-10H2,1-2H3. The van der Waals surface area contributed by atoms with Crippen molar-refractivity contribution in [3.63, 3.8) is 0 Å². The molecule has 0 fully saturated rings. The van der Waals surface area contributed by atoms with Crippen LogP contribution in [0.3, 0.4) is 0 Å². The van der Waals surface area contributed by atoms with E-state index in [0.717, 1.165) is 6.54 Å². The van der Waals surface area contributed by atoms with Gasteiger partial charge in [0.25, 0.3) is 0 Å². The van der Waals surface area contributed by atoms with Crippen molar-refractivity contribution in [1.29, 1.82) is 0 Å². The van der Waals surface area contributed by atoms with Crippen molar-refractivity contribution in [3.8, 4) is 0 Å². The van der Waals surface area contributed by atoms with Gasteiger partial charge in [-0.15, -0.1) is 11.3 Å². The number of hydrogen-bond donors (Lipinski definition) is 1. The zero-order chi connectivity index (χ0) is 10.9. The summed E-state index contributed by atoms with van der Waals surface area (Å²) >= 11 is 3.90. The second kappa shape index (κ2) is 8.20. The minimum Gasteiger partial charge on any atom is -0.313 e. The lowest BCUT2D eigenvalue weighted by Gasteiger charge is -2.17. The average molecular weight is 243 g/mol. The molecule has 86 valence electrons. The van der Waals surface area contributed by atoms with Crippen LogP contribution in [0.5, 0.6) is 0 Å². The molecule has 1 aromatic rings. The van der Waals surface area contributed by atoms with Crippen molar-refractivity contribution < 1.29 is 0 Å². The Bertz CT molecular complexity index is 226. The van der Waals surface area contributed by atoms with Gasteiger partial charge in [0.15, 0.2) is 0 Å². The highest BCUT2D eigenvalue weighted by Gasteiger charge is 2.08. The molecule has 1 rings (SSSR count). The van der Waals surface area contributed by atoms with Crippen molar-refractivity contribution >= 4 is 23.1 Å². The van der Waals surface area contributed by atoms with Gasteiger partial charge in [-0.1, -0.05) is 19.9 Å². The van der Waals surface area contributed by atoms with E-state index in [1.165, 1.54) is 29.2 Å². The molecule has 0 spiro atoms. The molecule has 1 atom stereocenters. The summed E-state index contributed by atoms with van der Waals surface area (Å²) in [5.74, 6) is 2.45. The predicted octanol–water partition coefficient (Wildman–Crippen LogP) is 3.41. The van der Waals surface area contributed by atoms with Crippen LogP contribution in [0.25, 0.3) is 0 Å². The number of thiophene rings is 1. The number of nitrogens with one attached hydrogen (secondary N) is 1. The van der Waals surface area contributed by atoms with Gasteiger partial charge in [0.05, 0.1) is 0 Å². The van der Waals surface area contributed by atoms with Crippen molar-refractivity contribution in [2.45, 2.75) is 32.7 Å². The molecule has 0 saturated heterocycles. The lowest BCUT2D eigenvalue weighted by molar-refractivity contribution is 0.553. The summed E-state index contributed by atoms with van der Waals surface area (Å²) in [5.41, 5.74) is 0. The normalized spacial score (nSPS) is 12.9. The Kier molecular flexibility index (Phi) is 7.14. The molecule has 0 aromatic carbocycles. The zero-order valence-corrected chi connectivity index (χ0v) is 11.3. The second-order valence-electron chi connectivity index (χ2n) is 3.59. The van der Waals surface area contributed by atoms with Gasteiger partial charge in [0.2, 0.25) is 0 Å². The van der Waals surface area contributed by atoms with E-state index in [4.69, 9.17) is 0 Å². The monoisotopic (exact) mass is 243 g/mol. The van der Waals surface area contributed by atoms with Crippen molar-refractivity contribution in [3.05, 3.63) is 22.4 Å². The molecule has 0 amide bonds. The van der Waals surface area contributed by atoms with Crippen LogP contribution >= 0.6 is 23.1 Å². The van der Waals surface area contributed by atoms with Crippen LogP contribution in [0.4, 0.5) is 0 Å². The molecule has 1 heterocycles. The summed E-state index contributed by atoms with van der Waals surface area (Å²) in [5, 5.41) is 5.79. The average Bonchev–Trinajstić information content (AvgIpc) is 2.74. The van der Waals surface area contributed by atoms with Crippen LogP contribution in [0.15, 0.2) is 17.5 Å². The Labute approximate surface area is 102 Å². The fourth-order valence-corrected chi connectivity index (χ4v) is 3.01. The highest BCUT2D eigenvalue weighted by atomic mass is 32.2. The summed E-state index contributed by atoms with van der Waals surface area (Å²) in [6.07, 6.45) is 2.41. The van der Waals surface area contributed by atoms with Gasteiger partial charge in [-0.25, -0.2) is 0 Å². The zero-order valence-electron chi connectivity index (χ0n) is 9.66. The molecule has 0 aliphatic carbocycles. The molecule has 1 unspecified atom stereocenters. The van der Waals surface area contributed by atoms with E-state index in [2.05, 4.69) is 36.7 Å². The lowest BCUT2D eigenvalue weighted by Crippen LogP contribution is -2.33. The van der Waals surface area contributed by atoms with Crippen LogP contribution in [-0.4, -0.2) is 24.1 Å². The van der Waals surface area contributed by atoms with Gasteiger partial charge in [0, 0.05) is 16.7 Å². The predicted molar refractivity (Wildman–Crippen MR) is 73.1 cm³/mol. The maximum atomic E-state index is 3.63.